The molecule has 3 aromatic carbocycles. The minimum atomic E-state index is -0.999. The molecule has 47 heavy (non-hydrogen) atoms. The summed E-state index contributed by atoms with van der Waals surface area (Å²) in [6.07, 6.45) is 4.08. The Balaban J connectivity index is 1.53. The molecule has 0 aliphatic carbocycles. The fourth-order valence-electron chi connectivity index (χ4n) is 6.53. The van der Waals surface area contributed by atoms with Crippen molar-refractivity contribution in [3.63, 3.8) is 0 Å². The Hall–Kier alpha value is -4.17. The Morgan fingerprint density at radius 3 is 2.26 bits per heavy atom. The van der Waals surface area contributed by atoms with E-state index in [1.165, 1.54) is 0 Å². The van der Waals surface area contributed by atoms with Crippen LogP contribution in [0.3, 0.4) is 0 Å². The Labute approximate surface area is 280 Å². The van der Waals surface area contributed by atoms with Crippen molar-refractivity contribution >= 4 is 17.7 Å². The van der Waals surface area contributed by atoms with E-state index in [0.717, 1.165) is 28.9 Å². The minimum absolute atomic E-state index is 0.0604. The fourth-order valence-corrected chi connectivity index (χ4v) is 6.53. The zero-order valence-corrected chi connectivity index (χ0v) is 28.5. The number of carbonyl (C=O) groups is 3. The second kappa shape index (κ2) is 17.7. The number of nitrogens with zero attached hydrogens (tertiary/aromatic N) is 1. The number of benzene rings is 3. The smallest absolute Gasteiger partial charge is 0.249 e. The van der Waals surface area contributed by atoms with Gasteiger partial charge in [-0.1, -0.05) is 100.0 Å². The van der Waals surface area contributed by atoms with E-state index in [-0.39, 0.29) is 29.7 Å². The Morgan fingerprint density at radius 1 is 0.915 bits per heavy atom. The van der Waals surface area contributed by atoms with Crippen LogP contribution in [0.15, 0.2) is 84.9 Å². The molecule has 0 bridgehead atoms. The number of carbonyl (C=O) groups excluding carboxylic acids is 3. The predicted octanol–water partition coefficient (Wildman–Crippen LogP) is 5.45. The summed E-state index contributed by atoms with van der Waals surface area (Å²) in [5, 5.41) is 9.97. The zero-order valence-electron chi connectivity index (χ0n) is 28.5. The molecule has 0 spiro atoms. The van der Waals surface area contributed by atoms with Crippen LogP contribution in [0.2, 0.25) is 0 Å². The quantitative estimate of drug-likeness (QED) is 0.161. The number of hydrogen-bond donors (Lipinski definition) is 3. The molecule has 0 unspecified atom stereocenters. The van der Waals surface area contributed by atoms with E-state index in [2.05, 4.69) is 46.3 Å². The van der Waals surface area contributed by atoms with Crippen molar-refractivity contribution in [2.75, 3.05) is 20.2 Å². The average molecular weight is 641 g/mol. The Bertz CT molecular complexity index is 1430. The van der Waals surface area contributed by atoms with Gasteiger partial charge in [-0.15, -0.1) is 0 Å². The van der Waals surface area contributed by atoms with Gasteiger partial charge in [0, 0.05) is 25.6 Å². The minimum Gasteiger partial charge on any atom is -0.497 e. The first-order chi connectivity index (χ1) is 22.8. The second-order valence-electron chi connectivity index (χ2n) is 12.7. The van der Waals surface area contributed by atoms with E-state index >= 15 is 0 Å². The Kier molecular flexibility index (Phi) is 13.4. The molecular formula is C39H52N4O4. The number of amides is 3. The van der Waals surface area contributed by atoms with Crippen LogP contribution in [-0.2, 0) is 33.8 Å². The molecule has 252 valence electrons. The molecule has 3 amide bonds. The van der Waals surface area contributed by atoms with Crippen LogP contribution in [0.25, 0.3) is 0 Å². The fraction of sp³-hybridized carbons (Fsp3) is 0.462. The number of nitrogens with one attached hydrogen (secondary N) is 3. The van der Waals surface area contributed by atoms with Gasteiger partial charge in [-0.2, -0.15) is 0 Å². The highest BCUT2D eigenvalue weighted by molar-refractivity contribution is 5.97. The van der Waals surface area contributed by atoms with Gasteiger partial charge in [0.25, 0.3) is 0 Å². The van der Waals surface area contributed by atoms with Crippen LogP contribution in [-0.4, -0.2) is 60.4 Å². The third kappa shape index (κ3) is 9.67. The van der Waals surface area contributed by atoms with Crippen LogP contribution in [0.4, 0.5) is 0 Å². The molecule has 1 saturated heterocycles. The van der Waals surface area contributed by atoms with Crippen molar-refractivity contribution in [3.8, 4) is 5.75 Å². The number of ether oxygens (including phenoxy) is 1. The molecular weight excluding hydrogens is 588 g/mol. The van der Waals surface area contributed by atoms with Crippen molar-refractivity contribution < 1.29 is 19.1 Å². The normalized spacial score (nSPS) is 18.0. The zero-order chi connectivity index (χ0) is 33.6. The van der Waals surface area contributed by atoms with Crippen molar-refractivity contribution in [1.29, 1.82) is 0 Å². The van der Waals surface area contributed by atoms with Gasteiger partial charge in [-0.3, -0.25) is 14.4 Å². The van der Waals surface area contributed by atoms with E-state index in [4.69, 9.17) is 4.74 Å². The molecule has 8 nitrogen and oxygen atoms in total. The monoisotopic (exact) mass is 640 g/mol. The maximum atomic E-state index is 14.3. The summed E-state index contributed by atoms with van der Waals surface area (Å²) in [6, 6.07) is 27.4. The molecule has 0 aromatic heterocycles. The number of methoxy groups -OCH3 is 1. The summed E-state index contributed by atoms with van der Waals surface area (Å²) in [6.45, 7) is 7.66. The molecule has 0 saturated carbocycles. The van der Waals surface area contributed by atoms with Gasteiger partial charge >= 0.3 is 0 Å². The van der Waals surface area contributed by atoms with Gasteiger partial charge in [0.2, 0.25) is 17.7 Å². The van der Waals surface area contributed by atoms with Gasteiger partial charge in [-0.25, -0.2) is 0 Å². The molecule has 4 atom stereocenters. The molecule has 1 fully saturated rings. The molecule has 3 N–H and O–H groups in total. The summed E-state index contributed by atoms with van der Waals surface area (Å²) >= 11 is 0. The number of aryl methyl sites for hydroxylation is 1. The number of hydrogen-bond acceptors (Lipinski definition) is 5. The van der Waals surface area contributed by atoms with E-state index < -0.39 is 11.6 Å². The van der Waals surface area contributed by atoms with Crippen molar-refractivity contribution in [2.45, 2.75) is 89.9 Å². The lowest BCUT2D eigenvalue weighted by Gasteiger charge is -2.36. The van der Waals surface area contributed by atoms with Gasteiger partial charge in [0.05, 0.1) is 7.11 Å². The molecule has 0 radical (unpaired) electrons. The van der Waals surface area contributed by atoms with Gasteiger partial charge in [0.1, 0.15) is 17.3 Å². The first-order valence-corrected chi connectivity index (χ1v) is 17.1. The molecule has 3 aromatic rings. The topological polar surface area (TPSA) is 99.8 Å². The first kappa shape index (κ1) is 35.7. The van der Waals surface area contributed by atoms with Crippen LogP contribution >= 0.6 is 0 Å². The maximum absolute atomic E-state index is 14.3. The summed E-state index contributed by atoms with van der Waals surface area (Å²) in [5.74, 6) is 0.319. The third-order valence-corrected chi connectivity index (χ3v) is 9.56. The standard InChI is InChI=1S/C39H52N4O4/c1-5-29(3)39(42-36(44)6-2)23-25-43(38(39)46)35(21-20-30-14-9-7-10-15-30)37(45)41-33(26-31-16-11-8-12-17-31)22-24-40-28-32-18-13-19-34(27-32)47-4/h7-19,27,29,33,35,40H,5-6,20-26,28H2,1-4H3,(H,41,45)(H,42,44)/t29-,33+,35-,39-/m0/s1. The molecule has 1 aliphatic heterocycles. The second-order valence-corrected chi connectivity index (χ2v) is 12.7. The first-order valence-electron chi connectivity index (χ1n) is 17.1. The third-order valence-electron chi connectivity index (χ3n) is 9.56. The summed E-state index contributed by atoms with van der Waals surface area (Å²) in [7, 11) is 1.66. The summed E-state index contributed by atoms with van der Waals surface area (Å²) in [5.41, 5.74) is 2.39. The SMILES string of the molecule is CCC(=O)N[C@]1([C@@H](C)CC)CCN([C@@H](CCc2ccccc2)C(=O)N[C@H](CCNCc2cccc(OC)c2)Cc2ccccc2)C1=O. The van der Waals surface area contributed by atoms with Gasteiger partial charge < -0.3 is 25.6 Å². The molecule has 1 heterocycles. The van der Waals surface area contributed by atoms with Crippen LogP contribution in [0.1, 0.15) is 69.6 Å². The highest BCUT2D eigenvalue weighted by Crippen LogP contribution is 2.34. The van der Waals surface area contributed by atoms with Crippen molar-refractivity contribution in [1.82, 2.24) is 20.9 Å². The van der Waals surface area contributed by atoms with Gasteiger partial charge in [-0.05, 0) is 73.4 Å². The lowest BCUT2D eigenvalue weighted by molar-refractivity contribution is -0.144. The predicted molar refractivity (Wildman–Crippen MR) is 187 cm³/mol. The van der Waals surface area contributed by atoms with Gasteiger partial charge in [0.15, 0.2) is 0 Å². The molecule has 4 rings (SSSR count). The van der Waals surface area contributed by atoms with E-state index in [1.807, 2.05) is 68.4 Å². The highest BCUT2D eigenvalue weighted by atomic mass is 16.5. The Morgan fingerprint density at radius 2 is 1.60 bits per heavy atom. The number of rotatable bonds is 18. The lowest BCUT2D eigenvalue weighted by atomic mass is 9.81. The number of likely N-dealkylation sites (tertiary alicyclic amines) is 1. The maximum Gasteiger partial charge on any atom is 0.249 e. The molecule has 1 aliphatic rings. The van der Waals surface area contributed by atoms with Crippen LogP contribution in [0, 0.1) is 5.92 Å². The van der Waals surface area contributed by atoms with Crippen LogP contribution in [0.5, 0.6) is 5.75 Å². The lowest BCUT2D eigenvalue weighted by Crippen LogP contribution is -2.60. The summed E-state index contributed by atoms with van der Waals surface area (Å²) < 4.78 is 5.36. The van der Waals surface area contributed by atoms with Crippen LogP contribution < -0.4 is 20.7 Å². The largest absolute Gasteiger partial charge is 0.497 e. The van der Waals surface area contributed by atoms with E-state index in [1.54, 1.807) is 18.9 Å². The van der Waals surface area contributed by atoms with Crippen molar-refractivity contribution in [3.05, 3.63) is 102 Å². The molecule has 8 heteroatoms. The summed E-state index contributed by atoms with van der Waals surface area (Å²) in [4.78, 5) is 43.0. The van der Waals surface area contributed by atoms with Crippen molar-refractivity contribution in [2.24, 2.45) is 5.92 Å². The highest BCUT2D eigenvalue weighted by Gasteiger charge is 2.53. The van der Waals surface area contributed by atoms with E-state index in [0.29, 0.717) is 58.2 Å². The van der Waals surface area contributed by atoms with E-state index in [9.17, 15) is 14.4 Å². The average Bonchev–Trinajstić information content (AvgIpc) is 3.42.